The van der Waals surface area contributed by atoms with Crippen LogP contribution in [-0.4, -0.2) is 21.5 Å². The molecule has 1 aliphatic carbocycles. The fraction of sp³-hybridized carbons (Fsp3) is 0.571. The van der Waals surface area contributed by atoms with Crippen molar-refractivity contribution in [2.24, 2.45) is 5.92 Å². The van der Waals surface area contributed by atoms with Gasteiger partial charge in [-0.1, -0.05) is 31.0 Å². The van der Waals surface area contributed by atoms with Gasteiger partial charge >= 0.3 is 0 Å². The lowest BCUT2D eigenvalue weighted by atomic mass is 10.2. The number of halogens is 1. The first-order chi connectivity index (χ1) is 9.47. The van der Waals surface area contributed by atoms with Gasteiger partial charge in [0, 0.05) is 12.6 Å². The average Bonchev–Trinajstić information content (AvgIpc) is 3.09. The highest BCUT2D eigenvalue weighted by molar-refractivity contribution is 7.89. The molecule has 0 amide bonds. The smallest absolute Gasteiger partial charge is 0.242 e. The van der Waals surface area contributed by atoms with Crippen LogP contribution in [0.5, 0.6) is 0 Å². The third-order valence-electron chi connectivity index (χ3n) is 3.55. The van der Waals surface area contributed by atoms with Gasteiger partial charge in [0.25, 0.3) is 0 Å². The van der Waals surface area contributed by atoms with E-state index in [1.807, 2.05) is 13.1 Å². The second kappa shape index (κ2) is 6.43. The molecule has 2 atom stereocenters. The quantitative estimate of drug-likeness (QED) is 0.812. The molecule has 0 heterocycles. The molecule has 0 radical (unpaired) electrons. The SMILES string of the molecule is CCCC1CC1NS(=O)(=O)c1cc(CNC)ccc1Cl. The number of nitrogens with one attached hydrogen (secondary N) is 2. The fourth-order valence-corrected chi connectivity index (χ4v) is 4.28. The van der Waals surface area contributed by atoms with Gasteiger partial charge in [-0.15, -0.1) is 0 Å². The highest BCUT2D eigenvalue weighted by Crippen LogP contribution is 2.36. The Bertz CT molecular complexity index is 575. The topological polar surface area (TPSA) is 58.2 Å². The van der Waals surface area contributed by atoms with Crippen molar-refractivity contribution in [1.29, 1.82) is 0 Å². The first kappa shape index (κ1) is 15.8. The van der Waals surface area contributed by atoms with Gasteiger partial charge in [0.2, 0.25) is 10.0 Å². The Hall–Kier alpha value is -0.620. The first-order valence-corrected chi connectivity index (χ1v) is 8.79. The molecular weight excluding hydrogens is 296 g/mol. The number of hydrogen-bond donors (Lipinski definition) is 2. The van der Waals surface area contributed by atoms with Crippen LogP contribution in [0.15, 0.2) is 23.1 Å². The summed E-state index contributed by atoms with van der Waals surface area (Å²) in [5.41, 5.74) is 0.901. The summed E-state index contributed by atoms with van der Waals surface area (Å²) in [6.07, 6.45) is 3.09. The molecular formula is C14H21ClN2O2S. The van der Waals surface area contributed by atoms with Crippen molar-refractivity contribution >= 4 is 21.6 Å². The normalized spacial score (nSPS) is 21.9. The summed E-state index contributed by atoms with van der Waals surface area (Å²) in [5, 5.41) is 3.27. The second-order valence-electron chi connectivity index (χ2n) is 5.31. The highest BCUT2D eigenvalue weighted by atomic mass is 35.5. The van der Waals surface area contributed by atoms with Gasteiger partial charge in [0.05, 0.1) is 5.02 Å². The lowest BCUT2D eigenvalue weighted by molar-refractivity contribution is 0.573. The maximum Gasteiger partial charge on any atom is 0.242 e. The number of sulfonamides is 1. The highest BCUT2D eigenvalue weighted by Gasteiger charge is 2.39. The van der Waals surface area contributed by atoms with Gasteiger partial charge in [-0.25, -0.2) is 13.1 Å². The molecule has 1 aromatic rings. The minimum absolute atomic E-state index is 0.0731. The van der Waals surface area contributed by atoms with Crippen LogP contribution in [0.2, 0.25) is 5.02 Å². The zero-order valence-electron chi connectivity index (χ0n) is 11.8. The molecule has 0 aromatic heterocycles. The third-order valence-corrected chi connectivity index (χ3v) is 5.53. The molecule has 2 unspecified atom stereocenters. The summed E-state index contributed by atoms with van der Waals surface area (Å²) >= 11 is 6.04. The Morgan fingerprint density at radius 1 is 1.40 bits per heavy atom. The van der Waals surface area contributed by atoms with E-state index in [1.165, 1.54) is 0 Å². The summed E-state index contributed by atoms with van der Waals surface area (Å²) in [5.74, 6) is 0.481. The summed E-state index contributed by atoms with van der Waals surface area (Å²) in [6, 6.07) is 5.18. The first-order valence-electron chi connectivity index (χ1n) is 6.93. The number of hydrogen-bond acceptors (Lipinski definition) is 3. The van der Waals surface area contributed by atoms with Crippen molar-refractivity contribution in [3.05, 3.63) is 28.8 Å². The molecule has 2 rings (SSSR count). The molecule has 1 aromatic carbocycles. The van der Waals surface area contributed by atoms with Crippen molar-refractivity contribution in [2.75, 3.05) is 7.05 Å². The molecule has 0 bridgehead atoms. The monoisotopic (exact) mass is 316 g/mol. The van der Waals surface area contributed by atoms with E-state index in [4.69, 9.17) is 11.6 Å². The Kier molecular flexibility index (Phi) is 5.07. The van der Waals surface area contributed by atoms with Crippen LogP contribution < -0.4 is 10.0 Å². The largest absolute Gasteiger partial charge is 0.316 e. The molecule has 112 valence electrons. The number of benzene rings is 1. The third kappa shape index (κ3) is 3.73. The van der Waals surface area contributed by atoms with Crippen LogP contribution in [0.3, 0.4) is 0 Å². The Balaban J connectivity index is 2.15. The zero-order valence-corrected chi connectivity index (χ0v) is 13.4. The average molecular weight is 317 g/mol. The second-order valence-corrected chi connectivity index (χ2v) is 7.40. The van der Waals surface area contributed by atoms with Crippen molar-refractivity contribution in [3.8, 4) is 0 Å². The standard InChI is InChI=1S/C14H21ClN2O2S/c1-3-4-11-8-13(11)17-20(18,19)14-7-10(9-16-2)5-6-12(14)15/h5-7,11,13,16-17H,3-4,8-9H2,1-2H3. The van der Waals surface area contributed by atoms with Gasteiger partial charge in [-0.3, -0.25) is 0 Å². The molecule has 2 N–H and O–H groups in total. The van der Waals surface area contributed by atoms with E-state index >= 15 is 0 Å². The molecule has 1 aliphatic rings. The van der Waals surface area contributed by atoms with Crippen molar-refractivity contribution in [1.82, 2.24) is 10.0 Å². The molecule has 6 heteroatoms. The zero-order chi connectivity index (χ0) is 14.8. The van der Waals surface area contributed by atoms with Gasteiger partial charge < -0.3 is 5.32 Å². The Labute approximate surface area is 126 Å². The van der Waals surface area contributed by atoms with Crippen molar-refractivity contribution in [2.45, 2.75) is 43.7 Å². The van der Waals surface area contributed by atoms with Crippen LogP contribution >= 0.6 is 11.6 Å². The molecule has 4 nitrogen and oxygen atoms in total. The van der Waals surface area contributed by atoms with Crippen LogP contribution in [0.4, 0.5) is 0 Å². The van der Waals surface area contributed by atoms with Crippen molar-refractivity contribution < 1.29 is 8.42 Å². The van der Waals surface area contributed by atoms with Gasteiger partial charge in [0.15, 0.2) is 0 Å². The Morgan fingerprint density at radius 3 is 2.80 bits per heavy atom. The molecule has 1 saturated carbocycles. The van der Waals surface area contributed by atoms with E-state index in [9.17, 15) is 8.42 Å². The van der Waals surface area contributed by atoms with E-state index in [0.717, 1.165) is 24.8 Å². The van der Waals surface area contributed by atoms with Crippen LogP contribution in [0.1, 0.15) is 31.7 Å². The summed E-state index contributed by atoms with van der Waals surface area (Å²) < 4.78 is 27.5. The lowest BCUT2D eigenvalue weighted by Crippen LogP contribution is -2.27. The molecule has 0 spiro atoms. The lowest BCUT2D eigenvalue weighted by Gasteiger charge is -2.10. The van der Waals surface area contributed by atoms with Gasteiger partial charge in [-0.05, 0) is 43.5 Å². The predicted molar refractivity (Wildman–Crippen MR) is 81.3 cm³/mol. The minimum Gasteiger partial charge on any atom is -0.316 e. The number of rotatable bonds is 7. The van der Waals surface area contributed by atoms with Crippen LogP contribution in [0.25, 0.3) is 0 Å². The Morgan fingerprint density at radius 2 is 2.15 bits per heavy atom. The van der Waals surface area contributed by atoms with Crippen LogP contribution in [-0.2, 0) is 16.6 Å². The van der Waals surface area contributed by atoms with Gasteiger partial charge in [0.1, 0.15) is 4.90 Å². The summed E-state index contributed by atoms with van der Waals surface area (Å²) in [4.78, 5) is 0.175. The summed E-state index contributed by atoms with van der Waals surface area (Å²) in [6.45, 7) is 2.73. The van der Waals surface area contributed by atoms with E-state index < -0.39 is 10.0 Å². The maximum absolute atomic E-state index is 12.4. The van der Waals surface area contributed by atoms with Gasteiger partial charge in [-0.2, -0.15) is 0 Å². The van der Waals surface area contributed by atoms with E-state index in [0.29, 0.717) is 12.5 Å². The molecule has 20 heavy (non-hydrogen) atoms. The van der Waals surface area contributed by atoms with E-state index in [1.54, 1.807) is 12.1 Å². The molecule has 0 aliphatic heterocycles. The van der Waals surface area contributed by atoms with E-state index in [2.05, 4.69) is 17.0 Å². The predicted octanol–water partition coefficient (Wildman–Crippen LogP) is 2.53. The van der Waals surface area contributed by atoms with Crippen molar-refractivity contribution in [3.63, 3.8) is 0 Å². The molecule has 0 saturated heterocycles. The molecule has 1 fully saturated rings. The van der Waals surface area contributed by atoms with Crippen LogP contribution in [0, 0.1) is 5.92 Å². The minimum atomic E-state index is -3.53. The summed E-state index contributed by atoms with van der Waals surface area (Å²) in [7, 11) is -1.71. The maximum atomic E-state index is 12.4. The van der Waals surface area contributed by atoms with E-state index in [-0.39, 0.29) is 16.0 Å². The fourth-order valence-electron chi connectivity index (χ4n) is 2.41.